The Balaban J connectivity index is 1.56. The van der Waals surface area contributed by atoms with Gasteiger partial charge >= 0.3 is 12.2 Å². The van der Waals surface area contributed by atoms with Gasteiger partial charge in [0.15, 0.2) is 0 Å². The summed E-state index contributed by atoms with van der Waals surface area (Å²) in [6.07, 6.45) is -1.32. The van der Waals surface area contributed by atoms with Crippen LogP contribution in [0.5, 0.6) is 0 Å². The molecule has 8 heteroatoms. The molecule has 0 spiro atoms. The predicted molar refractivity (Wildman–Crippen MR) is 90.8 cm³/mol. The number of likely N-dealkylation sites (tertiary alicyclic amines) is 1. The number of carbonyl (C=O) groups is 1. The molecule has 1 N–H and O–H groups in total. The third-order valence-electron chi connectivity index (χ3n) is 4.50. The van der Waals surface area contributed by atoms with E-state index in [0.717, 1.165) is 17.7 Å². The van der Waals surface area contributed by atoms with Crippen LogP contribution in [0, 0.1) is 6.92 Å². The number of anilines is 1. The van der Waals surface area contributed by atoms with Crippen LogP contribution < -0.4 is 5.32 Å². The van der Waals surface area contributed by atoms with E-state index in [2.05, 4.69) is 15.3 Å². The van der Waals surface area contributed by atoms with Gasteiger partial charge in [-0.25, -0.2) is 14.8 Å². The third kappa shape index (κ3) is 4.30. The number of nitrogens with zero attached hydrogens (tertiary/aromatic N) is 3. The number of hydrogen-bond donors (Lipinski definition) is 1. The lowest BCUT2D eigenvalue weighted by atomic mass is 9.89. The second kappa shape index (κ2) is 7.31. The van der Waals surface area contributed by atoms with Gasteiger partial charge in [0.1, 0.15) is 11.6 Å². The summed E-state index contributed by atoms with van der Waals surface area (Å²) in [6.45, 7) is 2.83. The molecule has 2 aromatic rings. The second-order valence-electron chi connectivity index (χ2n) is 6.30. The number of nitrogens with one attached hydrogen (secondary N) is 1. The molecule has 0 unspecified atom stereocenters. The monoisotopic (exact) mass is 364 g/mol. The van der Waals surface area contributed by atoms with Crippen LogP contribution in [-0.4, -0.2) is 34.0 Å². The summed E-state index contributed by atoms with van der Waals surface area (Å²) < 4.78 is 37.9. The van der Waals surface area contributed by atoms with Crippen molar-refractivity contribution in [2.75, 3.05) is 18.4 Å². The Labute approximate surface area is 149 Å². The predicted octanol–water partition coefficient (Wildman–Crippen LogP) is 4.22. The number of aromatic nitrogens is 2. The molecule has 0 atom stereocenters. The van der Waals surface area contributed by atoms with Gasteiger partial charge in [0.25, 0.3) is 0 Å². The maximum atomic E-state index is 12.6. The minimum atomic E-state index is -4.32. The molecule has 2 heterocycles. The van der Waals surface area contributed by atoms with Crippen molar-refractivity contribution in [1.82, 2.24) is 14.9 Å². The first-order valence-electron chi connectivity index (χ1n) is 8.35. The van der Waals surface area contributed by atoms with Crippen molar-refractivity contribution in [2.24, 2.45) is 0 Å². The summed E-state index contributed by atoms with van der Waals surface area (Å²) in [5, 5.41) is 2.74. The highest BCUT2D eigenvalue weighted by atomic mass is 19.4. The first kappa shape index (κ1) is 18.2. The summed E-state index contributed by atoms with van der Waals surface area (Å²) in [4.78, 5) is 22.1. The highest BCUT2D eigenvalue weighted by molar-refractivity contribution is 5.88. The smallest absolute Gasteiger partial charge is 0.324 e. The average Bonchev–Trinajstić information content (AvgIpc) is 2.61. The van der Waals surface area contributed by atoms with Crippen molar-refractivity contribution in [3.05, 3.63) is 53.5 Å². The van der Waals surface area contributed by atoms with E-state index in [-0.39, 0.29) is 11.9 Å². The fraction of sp³-hybridized carbons (Fsp3) is 0.389. The molecule has 0 saturated carbocycles. The number of rotatable bonds is 2. The molecular formula is C18H19F3N4O. The minimum absolute atomic E-state index is 0.155. The van der Waals surface area contributed by atoms with Gasteiger partial charge in [0.05, 0.1) is 5.56 Å². The van der Waals surface area contributed by atoms with Crippen molar-refractivity contribution < 1.29 is 18.0 Å². The number of halogens is 3. The highest BCUT2D eigenvalue weighted by Gasteiger charge is 2.31. The molecule has 0 aliphatic carbocycles. The quantitative estimate of drug-likeness (QED) is 0.868. The van der Waals surface area contributed by atoms with Crippen LogP contribution in [0.3, 0.4) is 0 Å². The second-order valence-corrected chi connectivity index (χ2v) is 6.30. The van der Waals surface area contributed by atoms with Crippen molar-refractivity contribution in [2.45, 2.75) is 31.9 Å². The van der Waals surface area contributed by atoms with E-state index in [0.29, 0.717) is 37.6 Å². The first-order chi connectivity index (χ1) is 12.3. The molecule has 1 aromatic carbocycles. The van der Waals surface area contributed by atoms with E-state index in [1.54, 1.807) is 24.1 Å². The molecule has 0 radical (unpaired) electrons. The summed E-state index contributed by atoms with van der Waals surface area (Å²) in [7, 11) is 0. The molecule has 1 aromatic heterocycles. The van der Waals surface area contributed by atoms with Gasteiger partial charge in [-0.05, 0) is 49.4 Å². The molecule has 1 aliphatic heterocycles. The van der Waals surface area contributed by atoms with Crippen LogP contribution in [0.2, 0.25) is 0 Å². The number of carbonyl (C=O) groups excluding carboxylic acids is 1. The number of alkyl halides is 3. The number of benzene rings is 1. The number of urea groups is 1. The van der Waals surface area contributed by atoms with E-state index in [1.807, 2.05) is 0 Å². The average molecular weight is 364 g/mol. The van der Waals surface area contributed by atoms with Crippen molar-refractivity contribution >= 4 is 11.8 Å². The Morgan fingerprint density at radius 1 is 1.15 bits per heavy atom. The fourth-order valence-corrected chi connectivity index (χ4v) is 3.07. The van der Waals surface area contributed by atoms with Gasteiger partial charge in [-0.2, -0.15) is 13.2 Å². The lowest BCUT2D eigenvalue weighted by molar-refractivity contribution is -0.137. The van der Waals surface area contributed by atoms with E-state index in [1.165, 1.54) is 12.1 Å². The Bertz CT molecular complexity index is 769. The summed E-state index contributed by atoms with van der Waals surface area (Å²) in [5.74, 6) is 1.18. The Morgan fingerprint density at radius 3 is 2.38 bits per heavy atom. The molecule has 3 rings (SSSR count). The molecule has 5 nitrogen and oxygen atoms in total. The van der Waals surface area contributed by atoms with E-state index in [9.17, 15) is 18.0 Å². The van der Waals surface area contributed by atoms with E-state index in [4.69, 9.17) is 0 Å². The van der Waals surface area contributed by atoms with Crippen LogP contribution in [0.1, 0.15) is 35.7 Å². The topological polar surface area (TPSA) is 58.1 Å². The summed E-state index contributed by atoms with van der Waals surface area (Å²) in [5.41, 5.74) is 0.239. The van der Waals surface area contributed by atoms with Crippen LogP contribution >= 0.6 is 0 Å². The van der Waals surface area contributed by atoms with E-state index >= 15 is 0 Å². The summed E-state index contributed by atoms with van der Waals surface area (Å²) in [6, 6.07) is 6.70. The van der Waals surface area contributed by atoms with Crippen LogP contribution in [0.4, 0.5) is 23.8 Å². The van der Waals surface area contributed by atoms with Crippen molar-refractivity contribution in [3.8, 4) is 0 Å². The van der Waals surface area contributed by atoms with Gasteiger partial charge in [0, 0.05) is 19.3 Å². The van der Waals surface area contributed by atoms with Crippen LogP contribution in [-0.2, 0) is 6.18 Å². The standard InChI is InChI=1S/C18H19F3N4O/c1-12-22-9-6-16(23-12)24-17(26)25-10-7-14(8-11-25)13-2-4-15(5-3-13)18(19,20)21/h2-6,9,14H,7-8,10-11H2,1H3,(H,22,23,24,26). The van der Waals surface area contributed by atoms with Crippen molar-refractivity contribution in [1.29, 1.82) is 0 Å². The fourth-order valence-electron chi connectivity index (χ4n) is 3.07. The zero-order valence-electron chi connectivity index (χ0n) is 14.3. The normalized spacial score (nSPS) is 15.8. The van der Waals surface area contributed by atoms with Gasteiger partial charge in [-0.1, -0.05) is 12.1 Å². The molecule has 1 fully saturated rings. The Morgan fingerprint density at radius 2 is 1.81 bits per heavy atom. The van der Waals surface area contributed by atoms with Gasteiger partial charge in [-0.15, -0.1) is 0 Å². The molecule has 26 heavy (non-hydrogen) atoms. The maximum Gasteiger partial charge on any atom is 0.416 e. The Kier molecular flexibility index (Phi) is 5.11. The van der Waals surface area contributed by atoms with Gasteiger partial charge < -0.3 is 4.90 Å². The van der Waals surface area contributed by atoms with Gasteiger partial charge in [-0.3, -0.25) is 5.32 Å². The number of aryl methyl sites for hydroxylation is 1. The summed E-state index contributed by atoms with van der Waals surface area (Å²) >= 11 is 0. The lowest BCUT2D eigenvalue weighted by Crippen LogP contribution is -2.40. The van der Waals surface area contributed by atoms with E-state index < -0.39 is 11.7 Å². The minimum Gasteiger partial charge on any atom is -0.324 e. The van der Waals surface area contributed by atoms with Gasteiger partial charge in [0.2, 0.25) is 0 Å². The SMILES string of the molecule is Cc1nccc(NC(=O)N2CCC(c3ccc(C(F)(F)F)cc3)CC2)n1. The third-order valence-corrected chi connectivity index (χ3v) is 4.50. The molecule has 1 saturated heterocycles. The molecular weight excluding hydrogens is 345 g/mol. The van der Waals surface area contributed by atoms with Crippen molar-refractivity contribution in [3.63, 3.8) is 0 Å². The number of amides is 2. The largest absolute Gasteiger partial charge is 0.416 e. The first-order valence-corrected chi connectivity index (χ1v) is 8.35. The highest BCUT2D eigenvalue weighted by Crippen LogP contribution is 2.33. The molecule has 2 amide bonds. The molecule has 138 valence electrons. The molecule has 1 aliphatic rings. The number of hydrogen-bond acceptors (Lipinski definition) is 3. The zero-order valence-corrected chi connectivity index (χ0v) is 14.3. The maximum absolute atomic E-state index is 12.6. The lowest BCUT2D eigenvalue weighted by Gasteiger charge is -2.32. The Hall–Kier alpha value is -2.64. The number of piperidine rings is 1. The van der Waals surface area contributed by atoms with Crippen LogP contribution in [0.15, 0.2) is 36.5 Å². The van der Waals surface area contributed by atoms with Crippen LogP contribution in [0.25, 0.3) is 0 Å². The molecule has 0 bridgehead atoms. The zero-order chi connectivity index (χ0) is 18.7.